The van der Waals surface area contributed by atoms with Gasteiger partial charge in [-0.1, -0.05) is 41.6 Å². The number of thioether (sulfide) groups is 1. The molecule has 1 saturated heterocycles. The standard InChI is InChI=1S/C16H18ClN3OS3/c1-11-3-2-8-19(9-11)14(21)10-23-15-18-20(16(22)24-15)13-6-4-12(17)5-7-13/h4-7,11H,2-3,8-10H2,1H3. The molecule has 0 spiro atoms. The summed E-state index contributed by atoms with van der Waals surface area (Å²) in [6.07, 6.45) is 2.31. The zero-order chi connectivity index (χ0) is 17.1. The number of piperidine rings is 1. The number of benzene rings is 1. The van der Waals surface area contributed by atoms with Crippen molar-refractivity contribution in [2.45, 2.75) is 24.1 Å². The molecular weight excluding hydrogens is 382 g/mol. The Hall–Kier alpha value is -0.890. The van der Waals surface area contributed by atoms with E-state index in [1.165, 1.54) is 29.5 Å². The molecule has 1 atom stereocenters. The summed E-state index contributed by atoms with van der Waals surface area (Å²) in [5.41, 5.74) is 0.878. The summed E-state index contributed by atoms with van der Waals surface area (Å²) in [6.45, 7) is 3.94. The van der Waals surface area contributed by atoms with Crippen LogP contribution in [0.15, 0.2) is 28.6 Å². The first-order valence-corrected chi connectivity index (χ1v) is 10.4. The molecule has 8 heteroatoms. The van der Waals surface area contributed by atoms with Gasteiger partial charge in [-0.3, -0.25) is 4.79 Å². The van der Waals surface area contributed by atoms with Gasteiger partial charge in [0.05, 0.1) is 11.4 Å². The Morgan fingerprint density at radius 1 is 1.46 bits per heavy atom. The zero-order valence-electron chi connectivity index (χ0n) is 13.3. The van der Waals surface area contributed by atoms with Gasteiger partial charge in [-0.05, 0) is 55.2 Å². The Labute approximate surface area is 159 Å². The number of aromatic nitrogens is 2. The van der Waals surface area contributed by atoms with Crippen LogP contribution in [0.2, 0.25) is 5.02 Å². The molecule has 1 unspecified atom stereocenters. The first-order valence-electron chi connectivity index (χ1n) is 7.79. The third-order valence-corrected chi connectivity index (χ3v) is 6.53. The van der Waals surface area contributed by atoms with Crippen molar-refractivity contribution in [3.63, 3.8) is 0 Å². The molecule has 0 saturated carbocycles. The molecule has 1 aromatic carbocycles. The number of hydrogen-bond acceptors (Lipinski definition) is 5. The molecule has 0 N–H and O–H groups in total. The number of hydrogen-bond donors (Lipinski definition) is 0. The van der Waals surface area contributed by atoms with E-state index in [1.54, 1.807) is 4.68 Å². The van der Waals surface area contributed by atoms with Gasteiger partial charge in [0.15, 0.2) is 8.29 Å². The molecule has 1 aliphatic rings. The van der Waals surface area contributed by atoms with Gasteiger partial charge in [0, 0.05) is 18.1 Å². The Morgan fingerprint density at radius 3 is 2.92 bits per heavy atom. The fourth-order valence-corrected chi connectivity index (χ4v) is 5.09. The maximum Gasteiger partial charge on any atom is 0.233 e. The van der Waals surface area contributed by atoms with Crippen molar-refractivity contribution in [3.8, 4) is 5.69 Å². The largest absolute Gasteiger partial charge is 0.342 e. The third kappa shape index (κ3) is 4.39. The summed E-state index contributed by atoms with van der Waals surface area (Å²) in [7, 11) is 0. The van der Waals surface area contributed by atoms with Crippen LogP contribution in [-0.4, -0.2) is 39.4 Å². The van der Waals surface area contributed by atoms with Crippen molar-refractivity contribution in [2.75, 3.05) is 18.8 Å². The van der Waals surface area contributed by atoms with Gasteiger partial charge < -0.3 is 4.90 Å². The number of carbonyl (C=O) groups excluding carboxylic acids is 1. The van der Waals surface area contributed by atoms with Crippen LogP contribution >= 0.6 is 46.9 Å². The van der Waals surface area contributed by atoms with Gasteiger partial charge in [-0.15, -0.1) is 5.10 Å². The number of likely N-dealkylation sites (tertiary alicyclic amines) is 1. The molecule has 24 heavy (non-hydrogen) atoms. The monoisotopic (exact) mass is 399 g/mol. The van der Waals surface area contributed by atoms with Crippen molar-refractivity contribution < 1.29 is 4.79 Å². The van der Waals surface area contributed by atoms with Gasteiger partial charge in [0.1, 0.15) is 0 Å². The number of halogens is 1. The summed E-state index contributed by atoms with van der Waals surface area (Å²) in [4.78, 5) is 14.3. The van der Waals surface area contributed by atoms with E-state index >= 15 is 0 Å². The van der Waals surface area contributed by atoms with E-state index in [1.807, 2.05) is 29.2 Å². The van der Waals surface area contributed by atoms with Crippen molar-refractivity contribution in [1.29, 1.82) is 0 Å². The average Bonchev–Trinajstić information content (AvgIpc) is 2.94. The van der Waals surface area contributed by atoms with Crippen LogP contribution < -0.4 is 0 Å². The lowest BCUT2D eigenvalue weighted by Gasteiger charge is -2.30. The Balaban J connectivity index is 1.64. The van der Waals surface area contributed by atoms with E-state index in [9.17, 15) is 4.79 Å². The second-order valence-electron chi connectivity index (χ2n) is 5.90. The van der Waals surface area contributed by atoms with E-state index in [2.05, 4.69) is 12.0 Å². The van der Waals surface area contributed by atoms with Crippen LogP contribution in [0.3, 0.4) is 0 Å². The highest BCUT2D eigenvalue weighted by Crippen LogP contribution is 2.25. The molecule has 1 aliphatic heterocycles. The molecule has 1 aromatic heterocycles. The molecule has 0 bridgehead atoms. The number of amides is 1. The number of rotatable bonds is 4. The van der Waals surface area contributed by atoms with Gasteiger partial charge >= 0.3 is 0 Å². The topological polar surface area (TPSA) is 38.1 Å². The first kappa shape index (κ1) is 17.9. The molecule has 128 valence electrons. The average molecular weight is 400 g/mol. The Bertz CT molecular complexity index is 772. The number of nitrogens with zero attached hydrogens (tertiary/aromatic N) is 3. The van der Waals surface area contributed by atoms with Crippen LogP contribution in [0.1, 0.15) is 19.8 Å². The minimum absolute atomic E-state index is 0.186. The summed E-state index contributed by atoms with van der Waals surface area (Å²) in [5.74, 6) is 1.19. The van der Waals surface area contributed by atoms with Gasteiger partial charge in [-0.2, -0.15) is 0 Å². The highest BCUT2D eigenvalue weighted by molar-refractivity contribution is 8.01. The molecule has 3 rings (SSSR count). The summed E-state index contributed by atoms with van der Waals surface area (Å²) in [6, 6.07) is 7.39. The van der Waals surface area contributed by atoms with E-state index in [0.29, 0.717) is 20.6 Å². The summed E-state index contributed by atoms with van der Waals surface area (Å²) in [5, 5.41) is 5.20. The SMILES string of the molecule is CC1CCCN(C(=O)CSc2nn(-c3ccc(Cl)cc3)c(=S)s2)C1. The predicted octanol–water partition coefficient (Wildman–Crippen LogP) is 4.67. The molecule has 1 amide bonds. The van der Waals surface area contributed by atoms with E-state index < -0.39 is 0 Å². The lowest BCUT2D eigenvalue weighted by atomic mass is 10.0. The smallest absolute Gasteiger partial charge is 0.233 e. The normalized spacial score (nSPS) is 17.9. The Kier molecular flexibility index (Phi) is 5.97. The molecule has 0 radical (unpaired) electrons. The first-order chi connectivity index (χ1) is 11.5. The lowest BCUT2D eigenvalue weighted by molar-refractivity contribution is -0.130. The highest BCUT2D eigenvalue weighted by Gasteiger charge is 2.21. The molecule has 0 aliphatic carbocycles. The van der Waals surface area contributed by atoms with Crippen molar-refractivity contribution in [3.05, 3.63) is 33.2 Å². The maximum atomic E-state index is 12.4. The molecule has 4 nitrogen and oxygen atoms in total. The van der Waals surface area contributed by atoms with Crippen LogP contribution in [0.25, 0.3) is 5.69 Å². The summed E-state index contributed by atoms with van der Waals surface area (Å²) < 4.78 is 3.19. The minimum Gasteiger partial charge on any atom is -0.342 e. The van der Waals surface area contributed by atoms with Gasteiger partial charge in [0.25, 0.3) is 0 Å². The fraction of sp³-hybridized carbons (Fsp3) is 0.438. The van der Waals surface area contributed by atoms with Crippen LogP contribution in [-0.2, 0) is 4.79 Å². The molecule has 2 heterocycles. The second-order valence-corrected chi connectivity index (χ2v) is 9.18. The van der Waals surface area contributed by atoms with E-state index in [0.717, 1.165) is 29.5 Å². The van der Waals surface area contributed by atoms with Crippen LogP contribution in [0.5, 0.6) is 0 Å². The van der Waals surface area contributed by atoms with Crippen molar-refractivity contribution in [1.82, 2.24) is 14.7 Å². The highest BCUT2D eigenvalue weighted by atomic mass is 35.5. The summed E-state index contributed by atoms with van der Waals surface area (Å²) >= 11 is 14.2. The van der Waals surface area contributed by atoms with Crippen molar-refractivity contribution in [2.24, 2.45) is 5.92 Å². The second kappa shape index (κ2) is 7.99. The van der Waals surface area contributed by atoms with E-state index in [-0.39, 0.29) is 5.91 Å². The van der Waals surface area contributed by atoms with Crippen molar-refractivity contribution >= 4 is 52.8 Å². The molecular formula is C16H18ClN3OS3. The van der Waals surface area contributed by atoms with E-state index in [4.69, 9.17) is 23.8 Å². The Morgan fingerprint density at radius 2 is 2.21 bits per heavy atom. The van der Waals surface area contributed by atoms with Crippen LogP contribution in [0.4, 0.5) is 0 Å². The third-order valence-electron chi connectivity index (χ3n) is 3.93. The molecule has 1 fully saturated rings. The van der Waals surface area contributed by atoms with Crippen LogP contribution in [0, 0.1) is 9.87 Å². The van der Waals surface area contributed by atoms with Gasteiger partial charge in [-0.25, -0.2) is 4.68 Å². The lowest BCUT2D eigenvalue weighted by Crippen LogP contribution is -2.40. The zero-order valence-corrected chi connectivity index (χ0v) is 16.5. The molecule has 2 aromatic rings. The number of carbonyl (C=O) groups is 1. The minimum atomic E-state index is 0.186. The quantitative estimate of drug-likeness (QED) is 0.553. The van der Waals surface area contributed by atoms with Gasteiger partial charge in [0.2, 0.25) is 5.91 Å². The fourth-order valence-electron chi connectivity index (χ4n) is 2.70. The maximum absolute atomic E-state index is 12.4. The predicted molar refractivity (Wildman–Crippen MR) is 103 cm³/mol.